The molecule has 41 heavy (non-hydrogen) atoms. The van der Waals surface area contributed by atoms with Gasteiger partial charge in [0.2, 0.25) is 5.91 Å². The highest BCUT2D eigenvalue weighted by Crippen LogP contribution is 2.33. The molecule has 0 unspecified atom stereocenters. The summed E-state index contributed by atoms with van der Waals surface area (Å²) in [6.07, 6.45) is 0.960. The maximum Gasteiger partial charge on any atom is 0.254 e. The summed E-state index contributed by atoms with van der Waals surface area (Å²) in [4.78, 5) is 28.6. The predicted octanol–water partition coefficient (Wildman–Crippen LogP) is 4.03. The van der Waals surface area contributed by atoms with Gasteiger partial charge in [-0.05, 0) is 65.8 Å². The number of benzene rings is 3. The lowest BCUT2D eigenvalue weighted by atomic mass is 9.80. The molecule has 5 N–H and O–H groups in total. The van der Waals surface area contributed by atoms with Crippen LogP contribution in [-0.2, 0) is 19.6 Å². The SMILES string of the molecule is CCCN(CCC)C(=O)c1cc(CO)cc(C(N)=O)c1[C@H](Cc1ccccc1)[C@@H](O)CNCc1cccc(OC)c1. The summed E-state index contributed by atoms with van der Waals surface area (Å²) in [5.41, 5.74) is 9.08. The van der Waals surface area contributed by atoms with Crippen LogP contribution in [0.5, 0.6) is 5.75 Å². The lowest BCUT2D eigenvalue weighted by Gasteiger charge is -2.30. The number of aliphatic hydroxyl groups is 2. The topological polar surface area (TPSA) is 125 Å². The van der Waals surface area contributed by atoms with E-state index in [0.717, 1.165) is 29.7 Å². The number of nitrogens with one attached hydrogen (secondary N) is 1. The monoisotopic (exact) mass is 561 g/mol. The van der Waals surface area contributed by atoms with Gasteiger partial charge in [0.05, 0.1) is 19.8 Å². The fourth-order valence-corrected chi connectivity index (χ4v) is 5.20. The zero-order chi connectivity index (χ0) is 29.8. The molecule has 0 heterocycles. The van der Waals surface area contributed by atoms with Gasteiger partial charge >= 0.3 is 0 Å². The number of ether oxygens (including phenoxy) is 1. The van der Waals surface area contributed by atoms with Crippen LogP contribution in [0.2, 0.25) is 0 Å². The molecule has 2 atom stereocenters. The lowest BCUT2D eigenvalue weighted by molar-refractivity contribution is 0.0751. The third kappa shape index (κ3) is 8.63. The van der Waals surface area contributed by atoms with Crippen molar-refractivity contribution in [1.29, 1.82) is 0 Å². The van der Waals surface area contributed by atoms with E-state index >= 15 is 0 Å². The van der Waals surface area contributed by atoms with Crippen molar-refractivity contribution in [3.63, 3.8) is 0 Å². The Bertz CT molecular complexity index is 1280. The summed E-state index contributed by atoms with van der Waals surface area (Å²) in [6.45, 7) is 5.46. The molecule has 2 amide bonds. The highest BCUT2D eigenvalue weighted by atomic mass is 16.5. The van der Waals surface area contributed by atoms with E-state index in [-0.39, 0.29) is 24.6 Å². The number of amides is 2. The average Bonchev–Trinajstić information content (AvgIpc) is 2.99. The number of nitrogens with zero attached hydrogens (tertiary/aromatic N) is 1. The van der Waals surface area contributed by atoms with Gasteiger partial charge in [0.1, 0.15) is 5.75 Å². The van der Waals surface area contributed by atoms with E-state index in [2.05, 4.69) is 5.32 Å². The second-order valence-corrected chi connectivity index (χ2v) is 10.3. The van der Waals surface area contributed by atoms with Crippen LogP contribution in [-0.4, -0.2) is 59.8 Å². The first-order valence-electron chi connectivity index (χ1n) is 14.2. The molecule has 0 aliphatic rings. The molecule has 0 bridgehead atoms. The van der Waals surface area contributed by atoms with Crippen LogP contribution in [0, 0.1) is 0 Å². The Hall–Kier alpha value is -3.72. The van der Waals surface area contributed by atoms with E-state index in [0.29, 0.717) is 42.7 Å². The lowest BCUT2D eigenvalue weighted by Crippen LogP contribution is -2.37. The molecule has 0 fully saturated rings. The predicted molar refractivity (Wildman–Crippen MR) is 161 cm³/mol. The molecule has 0 saturated heterocycles. The fourth-order valence-electron chi connectivity index (χ4n) is 5.20. The molecule has 3 aromatic rings. The number of hydrogen-bond donors (Lipinski definition) is 4. The zero-order valence-corrected chi connectivity index (χ0v) is 24.3. The van der Waals surface area contributed by atoms with E-state index in [9.17, 15) is 19.8 Å². The summed E-state index contributed by atoms with van der Waals surface area (Å²) >= 11 is 0. The molecule has 3 rings (SSSR count). The van der Waals surface area contributed by atoms with Gasteiger partial charge in [-0.25, -0.2) is 0 Å². The standard InChI is InChI=1S/C33H43N3O5/c1-4-14-36(15-5-2)33(40)29-19-25(22-37)18-28(32(34)39)31(29)27(17-23-10-7-6-8-11-23)30(38)21-35-20-24-12-9-13-26(16-24)41-3/h6-13,16,18-19,27,30,35,37-38H,4-5,14-15,17,20-22H2,1-3H3,(H2,34,39)/t27-,30+/m1/s1. The van der Waals surface area contributed by atoms with Gasteiger partial charge < -0.3 is 30.9 Å². The van der Waals surface area contributed by atoms with Crippen molar-refractivity contribution in [3.05, 3.63) is 100 Å². The molecular weight excluding hydrogens is 518 g/mol. The number of hydrogen-bond acceptors (Lipinski definition) is 6. The Balaban J connectivity index is 2.07. The van der Waals surface area contributed by atoms with Crippen molar-refractivity contribution in [2.75, 3.05) is 26.7 Å². The Morgan fingerprint density at radius 2 is 1.59 bits per heavy atom. The molecule has 0 aliphatic heterocycles. The second-order valence-electron chi connectivity index (χ2n) is 10.3. The summed E-state index contributed by atoms with van der Waals surface area (Å²) in [6, 6.07) is 20.5. The first-order valence-corrected chi connectivity index (χ1v) is 14.2. The maximum atomic E-state index is 14.0. The van der Waals surface area contributed by atoms with Crippen molar-refractivity contribution >= 4 is 11.8 Å². The van der Waals surface area contributed by atoms with Gasteiger partial charge in [-0.1, -0.05) is 56.3 Å². The first-order chi connectivity index (χ1) is 19.8. The molecule has 220 valence electrons. The first kappa shape index (κ1) is 31.8. The minimum absolute atomic E-state index is 0.139. The summed E-state index contributed by atoms with van der Waals surface area (Å²) in [5.74, 6) is -0.837. The molecule has 0 radical (unpaired) electrons. The highest BCUT2D eigenvalue weighted by Gasteiger charge is 2.32. The van der Waals surface area contributed by atoms with Gasteiger partial charge in [0, 0.05) is 43.2 Å². The van der Waals surface area contributed by atoms with E-state index in [1.807, 2.05) is 68.4 Å². The number of methoxy groups -OCH3 is 1. The van der Waals surface area contributed by atoms with Gasteiger partial charge in [0.25, 0.3) is 5.91 Å². The van der Waals surface area contributed by atoms with Crippen molar-refractivity contribution in [2.24, 2.45) is 5.73 Å². The van der Waals surface area contributed by atoms with Crippen LogP contribution < -0.4 is 15.8 Å². The van der Waals surface area contributed by atoms with Gasteiger partial charge in [-0.3, -0.25) is 9.59 Å². The molecule has 0 aliphatic carbocycles. The minimum atomic E-state index is -0.962. The van der Waals surface area contributed by atoms with E-state index in [1.54, 1.807) is 18.1 Å². The normalized spacial score (nSPS) is 12.5. The fraction of sp³-hybridized carbons (Fsp3) is 0.394. The van der Waals surface area contributed by atoms with Crippen molar-refractivity contribution in [2.45, 2.75) is 58.3 Å². The Morgan fingerprint density at radius 3 is 2.20 bits per heavy atom. The molecule has 0 spiro atoms. The molecule has 0 saturated carbocycles. The number of rotatable bonds is 16. The maximum absolute atomic E-state index is 14.0. The number of primary amides is 1. The van der Waals surface area contributed by atoms with Crippen LogP contribution in [0.1, 0.15) is 75.6 Å². The second kappa shape index (κ2) is 15.9. The van der Waals surface area contributed by atoms with Crippen molar-refractivity contribution in [1.82, 2.24) is 10.2 Å². The summed E-state index contributed by atoms with van der Waals surface area (Å²) < 4.78 is 5.31. The van der Waals surface area contributed by atoms with E-state index < -0.39 is 17.9 Å². The van der Waals surface area contributed by atoms with Crippen molar-refractivity contribution in [3.8, 4) is 5.75 Å². The van der Waals surface area contributed by atoms with Gasteiger partial charge in [-0.15, -0.1) is 0 Å². The van der Waals surface area contributed by atoms with Crippen LogP contribution in [0.15, 0.2) is 66.7 Å². The van der Waals surface area contributed by atoms with Crippen LogP contribution in [0.3, 0.4) is 0 Å². The van der Waals surface area contributed by atoms with Crippen LogP contribution >= 0.6 is 0 Å². The van der Waals surface area contributed by atoms with E-state index in [4.69, 9.17) is 10.5 Å². The van der Waals surface area contributed by atoms with Gasteiger partial charge in [0.15, 0.2) is 0 Å². The molecule has 8 heteroatoms. The zero-order valence-electron chi connectivity index (χ0n) is 24.3. The third-order valence-corrected chi connectivity index (χ3v) is 7.14. The number of carbonyl (C=O) groups excluding carboxylic acids is 2. The Labute approximate surface area is 243 Å². The van der Waals surface area contributed by atoms with Crippen molar-refractivity contribution < 1.29 is 24.5 Å². The van der Waals surface area contributed by atoms with Crippen LogP contribution in [0.25, 0.3) is 0 Å². The average molecular weight is 562 g/mol. The number of carbonyl (C=O) groups is 2. The quantitative estimate of drug-likeness (QED) is 0.209. The molecular formula is C33H43N3O5. The molecule has 8 nitrogen and oxygen atoms in total. The summed E-state index contributed by atoms with van der Waals surface area (Å²) in [7, 11) is 1.61. The Morgan fingerprint density at radius 1 is 0.927 bits per heavy atom. The summed E-state index contributed by atoms with van der Waals surface area (Å²) in [5, 5.41) is 25.0. The molecule has 3 aromatic carbocycles. The van der Waals surface area contributed by atoms with E-state index in [1.165, 1.54) is 6.07 Å². The highest BCUT2D eigenvalue weighted by molar-refractivity contribution is 6.02. The largest absolute Gasteiger partial charge is 0.497 e. The third-order valence-electron chi connectivity index (χ3n) is 7.14. The van der Waals surface area contributed by atoms with Gasteiger partial charge in [-0.2, -0.15) is 0 Å². The smallest absolute Gasteiger partial charge is 0.254 e. The van der Waals surface area contributed by atoms with Crippen LogP contribution in [0.4, 0.5) is 0 Å². The molecule has 0 aromatic heterocycles. The minimum Gasteiger partial charge on any atom is -0.497 e. The number of aliphatic hydroxyl groups excluding tert-OH is 2. The number of nitrogens with two attached hydrogens (primary N) is 1. The Kier molecular flexibility index (Phi) is 12.3.